The van der Waals surface area contributed by atoms with E-state index in [0.717, 1.165) is 37.7 Å². The molecule has 4 fully saturated rings. The Morgan fingerprint density at radius 1 is 0.857 bits per heavy atom. The van der Waals surface area contributed by atoms with Crippen molar-refractivity contribution in [2.24, 2.45) is 34.5 Å². The molecule has 5 rings (SSSR count). The number of ether oxygens (including phenoxy) is 2. The third kappa shape index (κ3) is 4.30. The minimum Gasteiger partial charge on any atom is -0.462 e. The molecule has 1 aromatic carbocycles. The number of benzene rings is 1. The van der Waals surface area contributed by atoms with Gasteiger partial charge in [-0.2, -0.15) is 0 Å². The summed E-state index contributed by atoms with van der Waals surface area (Å²) in [7, 11) is 0. The molecule has 0 radical (unpaired) electrons. The van der Waals surface area contributed by atoms with Crippen molar-refractivity contribution >= 4 is 11.9 Å². The number of hydrogen-bond acceptors (Lipinski definition) is 4. The van der Waals surface area contributed by atoms with Gasteiger partial charge in [-0.25, -0.2) is 0 Å². The molecule has 0 N–H and O–H groups in total. The highest BCUT2D eigenvalue weighted by Gasteiger charge is 2.62. The van der Waals surface area contributed by atoms with Crippen molar-refractivity contribution in [2.45, 2.75) is 97.2 Å². The first-order valence-electron chi connectivity index (χ1n) is 13.6. The molecule has 4 aliphatic carbocycles. The molecule has 188 valence electrons. The van der Waals surface area contributed by atoms with Crippen LogP contribution in [-0.4, -0.2) is 23.6 Å². The van der Waals surface area contributed by atoms with Crippen LogP contribution in [-0.2, 0) is 19.1 Å². The van der Waals surface area contributed by atoms with E-state index in [9.17, 15) is 9.59 Å². The lowest BCUT2D eigenvalue weighted by Crippen LogP contribution is -2.56. The summed E-state index contributed by atoms with van der Waals surface area (Å²) in [5.41, 5.74) is 0.649. The van der Waals surface area contributed by atoms with Crippen molar-refractivity contribution in [2.75, 3.05) is 0 Å². The van der Waals surface area contributed by atoms with Gasteiger partial charge in [0, 0.05) is 31.2 Å². The van der Waals surface area contributed by atoms with Crippen LogP contribution in [0.4, 0.5) is 0 Å². The molecule has 0 spiro atoms. The maximum Gasteiger partial charge on any atom is 0.304 e. The molecule has 4 heteroatoms. The van der Waals surface area contributed by atoms with Crippen LogP contribution in [0.2, 0.25) is 0 Å². The maximum absolute atomic E-state index is 12.1. The molecule has 0 amide bonds. The van der Waals surface area contributed by atoms with E-state index >= 15 is 0 Å². The van der Waals surface area contributed by atoms with Crippen LogP contribution >= 0.6 is 0 Å². The molecule has 4 saturated carbocycles. The number of hydrogen-bond donors (Lipinski definition) is 0. The molecule has 0 unspecified atom stereocenters. The topological polar surface area (TPSA) is 52.6 Å². The van der Waals surface area contributed by atoms with Crippen molar-refractivity contribution in [1.29, 1.82) is 0 Å². The largest absolute Gasteiger partial charge is 0.462 e. The van der Waals surface area contributed by atoms with E-state index < -0.39 is 5.60 Å². The van der Waals surface area contributed by atoms with Crippen LogP contribution < -0.4 is 0 Å². The molecular formula is C31H40O4. The average molecular weight is 477 g/mol. The molecule has 0 heterocycles. The number of rotatable bonds is 2. The van der Waals surface area contributed by atoms with E-state index in [4.69, 9.17) is 9.47 Å². The first-order chi connectivity index (χ1) is 16.7. The van der Waals surface area contributed by atoms with Gasteiger partial charge in [-0.15, -0.1) is 0 Å². The lowest BCUT2D eigenvalue weighted by atomic mass is 9.44. The van der Waals surface area contributed by atoms with E-state index in [1.54, 1.807) is 6.92 Å². The van der Waals surface area contributed by atoms with Crippen LogP contribution in [0.3, 0.4) is 0 Å². The van der Waals surface area contributed by atoms with Gasteiger partial charge in [0.05, 0.1) is 0 Å². The fourth-order valence-electron chi connectivity index (χ4n) is 8.79. The minimum absolute atomic E-state index is 0.0766. The Bertz CT molecular complexity index is 1040. The second-order valence-electron chi connectivity index (χ2n) is 12.3. The lowest BCUT2D eigenvalue weighted by Gasteiger charge is -2.61. The number of fused-ring (bicyclic) bond motifs is 5. The van der Waals surface area contributed by atoms with Gasteiger partial charge >= 0.3 is 11.9 Å². The van der Waals surface area contributed by atoms with Gasteiger partial charge < -0.3 is 9.47 Å². The second kappa shape index (κ2) is 8.99. The van der Waals surface area contributed by atoms with Crippen molar-refractivity contribution in [1.82, 2.24) is 0 Å². The number of carbonyl (C=O) groups excluding carboxylic acids is 2. The van der Waals surface area contributed by atoms with Gasteiger partial charge in [-0.05, 0) is 98.5 Å². The molecular weight excluding hydrogens is 436 g/mol. The SMILES string of the molecule is CC(=O)O[C@@H]1CC[C@H]2[C@H]3CC[C@@H]4C[C@](C#Cc5ccccc5)(OC(C)=O)CC[C@]4(C)[C@H]3CC[C@]12C. The minimum atomic E-state index is -0.685. The predicted octanol–water partition coefficient (Wildman–Crippen LogP) is 6.31. The third-order valence-electron chi connectivity index (χ3n) is 10.5. The second-order valence-corrected chi connectivity index (χ2v) is 12.3. The lowest BCUT2D eigenvalue weighted by molar-refractivity contribution is -0.175. The van der Waals surface area contributed by atoms with E-state index in [1.165, 1.54) is 32.6 Å². The Balaban J connectivity index is 1.38. The Kier molecular flexibility index (Phi) is 6.27. The summed E-state index contributed by atoms with van der Waals surface area (Å²) in [5.74, 6) is 8.91. The van der Waals surface area contributed by atoms with Crippen LogP contribution in [0.5, 0.6) is 0 Å². The molecule has 0 bridgehead atoms. The van der Waals surface area contributed by atoms with Gasteiger partial charge in [0.2, 0.25) is 0 Å². The quantitative estimate of drug-likeness (QED) is 0.370. The van der Waals surface area contributed by atoms with Crippen LogP contribution in [0.1, 0.15) is 91.0 Å². The summed E-state index contributed by atoms with van der Waals surface area (Å²) in [6.45, 7) is 7.96. The first kappa shape index (κ1) is 24.4. The van der Waals surface area contributed by atoms with Crippen LogP contribution in [0, 0.1) is 46.3 Å². The molecule has 4 nitrogen and oxygen atoms in total. The van der Waals surface area contributed by atoms with Crippen molar-refractivity contribution in [3.05, 3.63) is 35.9 Å². The summed E-state index contributed by atoms with van der Waals surface area (Å²) >= 11 is 0. The predicted molar refractivity (Wildman–Crippen MR) is 135 cm³/mol. The summed E-state index contributed by atoms with van der Waals surface area (Å²) in [6, 6.07) is 10.00. The van der Waals surface area contributed by atoms with Crippen molar-refractivity contribution in [3.8, 4) is 11.8 Å². The normalized spacial score (nSPS) is 41.9. The highest BCUT2D eigenvalue weighted by molar-refractivity contribution is 5.67. The van der Waals surface area contributed by atoms with Gasteiger partial charge in [-0.1, -0.05) is 38.0 Å². The fraction of sp³-hybridized carbons (Fsp3) is 0.677. The molecule has 0 saturated heterocycles. The van der Waals surface area contributed by atoms with E-state index in [2.05, 4.69) is 25.7 Å². The zero-order chi connectivity index (χ0) is 24.8. The van der Waals surface area contributed by atoms with Gasteiger partial charge in [0.1, 0.15) is 6.10 Å². The number of esters is 2. The summed E-state index contributed by atoms with van der Waals surface area (Å²) in [4.78, 5) is 23.9. The van der Waals surface area contributed by atoms with E-state index in [-0.39, 0.29) is 28.9 Å². The molecule has 4 aliphatic rings. The summed E-state index contributed by atoms with van der Waals surface area (Å²) < 4.78 is 11.8. The maximum atomic E-state index is 12.1. The Labute approximate surface area is 210 Å². The molecule has 0 aromatic heterocycles. The van der Waals surface area contributed by atoms with Gasteiger partial charge in [0.15, 0.2) is 5.60 Å². The smallest absolute Gasteiger partial charge is 0.304 e. The van der Waals surface area contributed by atoms with E-state index in [0.29, 0.717) is 23.7 Å². The fourth-order valence-corrected chi connectivity index (χ4v) is 8.79. The Hall–Kier alpha value is -2.28. The Morgan fingerprint density at radius 2 is 1.60 bits per heavy atom. The summed E-state index contributed by atoms with van der Waals surface area (Å²) in [6.07, 6.45) is 9.69. The third-order valence-corrected chi connectivity index (χ3v) is 10.5. The standard InChI is InChI=1S/C31H40O4/c1-21(32)34-28-13-12-26-25-11-10-24-20-31(35-22(2)33,17-14-23-8-6-5-7-9-23)19-18-29(24,3)27(25)15-16-30(26,28)4/h5-9,24-28H,10-13,15-16,18-20H2,1-4H3/t24-,25-,26+,27+,28-,29+,30+,31-/m1/s1. The Morgan fingerprint density at radius 3 is 2.31 bits per heavy atom. The van der Waals surface area contributed by atoms with Gasteiger partial charge in [0.25, 0.3) is 0 Å². The molecule has 1 aromatic rings. The highest BCUT2D eigenvalue weighted by atomic mass is 16.6. The van der Waals surface area contributed by atoms with Gasteiger partial charge in [-0.3, -0.25) is 9.59 Å². The van der Waals surface area contributed by atoms with E-state index in [1.807, 2.05) is 30.3 Å². The number of carbonyl (C=O) groups is 2. The van der Waals surface area contributed by atoms with Crippen molar-refractivity contribution < 1.29 is 19.1 Å². The molecule has 0 aliphatic heterocycles. The zero-order valence-corrected chi connectivity index (χ0v) is 21.8. The highest BCUT2D eigenvalue weighted by Crippen LogP contribution is 2.67. The molecule has 8 atom stereocenters. The first-order valence-corrected chi connectivity index (χ1v) is 13.6. The van der Waals surface area contributed by atoms with Crippen LogP contribution in [0.25, 0.3) is 0 Å². The average Bonchev–Trinajstić information content (AvgIpc) is 3.14. The van der Waals surface area contributed by atoms with Crippen molar-refractivity contribution in [3.63, 3.8) is 0 Å². The van der Waals surface area contributed by atoms with Crippen LogP contribution in [0.15, 0.2) is 30.3 Å². The zero-order valence-electron chi connectivity index (χ0n) is 21.8. The molecule has 35 heavy (non-hydrogen) atoms. The summed E-state index contributed by atoms with van der Waals surface area (Å²) in [5, 5.41) is 0. The monoisotopic (exact) mass is 476 g/mol.